The zero-order valence-corrected chi connectivity index (χ0v) is 13.6. The molecule has 5 heteroatoms. The second-order valence-corrected chi connectivity index (χ2v) is 7.34. The standard InChI is InChI=1S/C13H16BrClN2S/c1-8(2)5-10-7-16-13(18-10)17-12-4-3-9(15)6-11(12)14/h3-4,6,8,10H,5,7H2,1-2H3,(H,16,17). The molecule has 1 N–H and O–H groups in total. The van der Waals surface area contributed by atoms with Crippen molar-refractivity contribution in [3.05, 3.63) is 27.7 Å². The van der Waals surface area contributed by atoms with E-state index in [-0.39, 0.29) is 0 Å². The first-order valence-electron chi connectivity index (χ1n) is 5.98. The van der Waals surface area contributed by atoms with Crippen molar-refractivity contribution in [1.29, 1.82) is 0 Å². The Hall–Kier alpha value is -0.190. The molecule has 0 bridgehead atoms. The van der Waals surface area contributed by atoms with Crippen molar-refractivity contribution in [3.8, 4) is 0 Å². The molecule has 0 spiro atoms. The number of anilines is 1. The van der Waals surface area contributed by atoms with Crippen LogP contribution in [0.4, 0.5) is 5.69 Å². The first-order valence-corrected chi connectivity index (χ1v) is 8.03. The van der Waals surface area contributed by atoms with Crippen LogP contribution in [-0.4, -0.2) is 17.0 Å². The topological polar surface area (TPSA) is 24.4 Å². The molecular weight excluding hydrogens is 332 g/mol. The van der Waals surface area contributed by atoms with Gasteiger partial charge in [0.2, 0.25) is 0 Å². The van der Waals surface area contributed by atoms with Crippen LogP contribution in [0.25, 0.3) is 0 Å². The average molecular weight is 348 g/mol. The van der Waals surface area contributed by atoms with Gasteiger partial charge in [-0.1, -0.05) is 37.2 Å². The van der Waals surface area contributed by atoms with Gasteiger partial charge in [-0.3, -0.25) is 4.99 Å². The predicted molar refractivity (Wildman–Crippen MR) is 85.9 cm³/mol. The maximum Gasteiger partial charge on any atom is 0.161 e. The van der Waals surface area contributed by atoms with Gasteiger partial charge >= 0.3 is 0 Å². The number of aliphatic imine (C=N–C) groups is 1. The monoisotopic (exact) mass is 346 g/mol. The molecule has 1 atom stereocenters. The third kappa shape index (κ3) is 3.90. The Labute approximate surface area is 126 Å². The van der Waals surface area contributed by atoms with Gasteiger partial charge in [0.15, 0.2) is 5.17 Å². The highest BCUT2D eigenvalue weighted by molar-refractivity contribution is 9.10. The van der Waals surface area contributed by atoms with Crippen LogP contribution >= 0.6 is 39.3 Å². The second kappa shape index (κ2) is 6.31. The van der Waals surface area contributed by atoms with E-state index >= 15 is 0 Å². The van der Waals surface area contributed by atoms with E-state index in [1.807, 2.05) is 30.0 Å². The Balaban J connectivity index is 1.95. The lowest BCUT2D eigenvalue weighted by Crippen LogP contribution is -2.09. The minimum atomic E-state index is 0.610. The fourth-order valence-corrected chi connectivity index (χ4v) is 3.89. The number of amidine groups is 1. The number of halogens is 2. The summed E-state index contributed by atoms with van der Waals surface area (Å²) in [6, 6.07) is 5.72. The van der Waals surface area contributed by atoms with Crippen LogP contribution in [0.15, 0.2) is 27.7 Å². The van der Waals surface area contributed by atoms with Gasteiger partial charge < -0.3 is 5.32 Å². The van der Waals surface area contributed by atoms with Gasteiger partial charge in [0, 0.05) is 14.7 Å². The lowest BCUT2D eigenvalue weighted by molar-refractivity contribution is 0.575. The number of rotatable bonds is 3. The first-order chi connectivity index (χ1) is 8.54. The van der Waals surface area contributed by atoms with Gasteiger partial charge in [-0.2, -0.15) is 0 Å². The molecule has 0 fully saturated rings. The summed E-state index contributed by atoms with van der Waals surface area (Å²) in [6.45, 7) is 5.42. The van der Waals surface area contributed by atoms with E-state index < -0.39 is 0 Å². The number of nitrogens with one attached hydrogen (secondary N) is 1. The largest absolute Gasteiger partial charge is 0.334 e. The van der Waals surface area contributed by atoms with Crippen LogP contribution < -0.4 is 5.32 Å². The minimum Gasteiger partial charge on any atom is -0.334 e. The van der Waals surface area contributed by atoms with Crippen molar-refractivity contribution in [2.45, 2.75) is 25.5 Å². The Kier molecular flexibility index (Phi) is 4.98. The van der Waals surface area contributed by atoms with Gasteiger partial charge in [0.25, 0.3) is 0 Å². The number of hydrogen-bond donors (Lipinski definition) is 1. The summed E-state index contributed by atoms with van der Waals surface area (Å²) in [5.74, 6) is 0.722. The highest BCUT2D eigenvalue weighted by Gasteiger charge is 2.20. The van der Waals surface area contributed by atoms with Crippen LogP contribution in [0.5, 0.6) is 0 Å². The molecule has 1 unspecified atom stereocenters. The summed E-state index contributed by atoms with van der Waals surface area (Å²) < 4.78 is 0.964. The minimum absolute atomic E-state index is 0.610. The van der Waals surface area contributed by atoms with Crippen LogP contribution in [0, 0.1) is 5.92 Å². The third-order valence-electron chi connectivity index (χ3n) is 2.62. The van der Waals surface area contributed by atoms with Crippen LogP contribution in [0.3, 0.4) is 0 Å². The quantitative estimate of drug-likeness (QED) is 0.829. The normalized spacial score (nSPS) is 19.2. The first kappa shape index (κ1) is 14.2. The number of nitrogens with zero attached hydrogens (tertiary/aromatic N) is 1. The molecule has 0 amide bonds. The smallest absolute Gasteiger partial charge is 0.161 e. The summed E-state index contributed by atoms with van der Waals surface area (Å²) in [7, 11) is 0. The molecule has 0 radical (unpaired) electrons. The lowest BCUT2D eigenvalue weighted by atomic mass is 10.1. The highest BCUT2D eigenvalue weighted by Crippen LogP contribution is 2.31. The summed E-state index contributed by atoms with van der Waals surface area (Å²) in [5.41, 5.74) is 1.01. The summed E-state index contributed by atoms with van der Waals surface area (Å²) in [5, 5.41) is 5.69. The molecule has 1 aromatic rings. The van der Waals surface area contributed by atoms with Crippen molar-refractivity contribution in [2.24, 2.45) is 10.9 Å². The second-order valence-electron chi connectivity index (χ2n) is 4.76. The van der Waals surface area contributed by atoms with Gasteiger partial charge in [0.05, 0.1) is 12.2 Å². The van der Waals surface area contributed by atoms with E-state index in [0.717, 1.165) is 32.8 Å². The molecule has 1 aliphatic heterocycles. The average Bonchev–Trinajstić information content (AvgIpc) is 2.69. The fraction of sp³-hybridized carbons (Fsp3) is 0.462. The van der Waals surface area contributed by atoms with Crippen LogP contribution in [0.1, 0.15) is 20.3 Å². The van der Waals surface area contributed by atoms with Gasteiger partial charge in [-0.05, 0) is 46.5 Å². The Morgan fingerprint density at radius 1 is 1.56 bits per heavy atom. The highest BCUT2D eigenvalue weighted by atomic mass is 79.9. The van der Waals surface area contributed by atoms with Gasteiger partial charge in [-0.25, -0.2) is 0 Å². The molecule has 0 aliphatic carbocycles. The molecule has 1 heterocycles. The fourth-order valence-electron chi connectivity index (χ4n) is 1.84. The maximum absolute atomic E-state index is 5.92. The number of benzene rings is 1. The van der Waals surface area contributed by atoms with Crippen molar-refractivity contribution in [2.75, 3.05) is 11.9 Å². The summed E-state index contributed by atoms with van der Waals surface area (Å²) >= 11 is 11.3. The molecule has 0 saturated carbocycles. The van der Waals surface area contributed by atoms with Crippen molar-refractivity contribution >= 4 is 50.1 Å². The van der Waals surface area contributed by atoms with E-state index in [9.17, 15) is 0 Å². The van der Waals surface area contributed by atoms with E-state index in [4.69, 9.17) is 11.6 Å². The number of thioether (sulfide) groups is 1. The van der Waals surface area contributed by atoms with Gasteiger partial charge in [0.1, 0.15) is 0 Å². The van der Waals surface area contributed by atoms with Crippen molar-refractivity contribution < 1.29 is 0 Å². The third-order valence-corrected chi connectivity index (χ3v) is 4.64. The molecule has 1 aromatic carbocycles. The molecule has 2 rings (SSSR count). The van der Waals surface area contributed by atoms with Crippen molar-refractivity contribution in [3.63, 3.8) is 0 Å². The van der Waals surface area contributed by atoms with E-state index in [1.165, 1.54) is 6.42 Å². The van der Waals surface area contributed by atoms with E-state index in [1.54, 1.807) is 0 Å². The van der Waals surface area contributed by atoms with Gasteiger partial charge in [-0.15, -0.1) is 0 Å². The molecular formula is C13H16BrClN2S. The van der Waals surface area contributed by atoms with Crippen LogP contribution in [0.2, 0.25) is 5.02 Å². The summed E-state index contributed by atoms with van der Waals surface area (Å²) in [4.78, 5) is 4.54. The van der Waals surface area contributed by atoms with Crippen LogP contribution in [-0.2, 0) is 0 Å². The molecule has 0 saturated heterocycles. The number of hydrogen-bond acceptors (Lipinski definition) is 3. The lowest BCUT2D eigenvalue weighted by Gasteiger charge is -2.12. The molecule has 2 nitrogen and oxygen atoms in total. The molecule has 98 valence electrons. The zero-order valence-electron chi connectivity index (χ0n) is 10.4. The Morgan fingerprint density at radius 3 is 3.00 bits per heavy atom. The molecule has 18 heavy (non-hydrogen) atoms. The SMILES string of the molecule is CC(C)CC1CN=C(Nc2ccc(Cl)cc2Br)S1. The zero-order chi connectivity index (χ0) is 13.1. The van der Waals surface area contributed by atoms with E-state index in [2.05, 4.69) is 40.1 Å². The van der Waals surface area contributed by atoms with Crippen molar-refractivity contribution in [1.82, 2.24) is 0 Å². The predicted octanol–water partition coefficient (Wildman–Crippen LogP) is 5.03. The summed E-state index contributed by atoms with van der Waals surface area (Å²) in [6.07, 6.45) is 1.21. The Bertz CT molecular complexity index is 462. The molecule has 1 aliphatic rings. The Morgan fingerprint density at radius 2 is 2.33 bits per heavy atom. The van der Waals surface area contributed by atoms with E-state index in [0.29, 0.717) is 5.25 Å². The molecule has 0 aromatic heterocycles. The maximum atomic E-state index is 5.92.